The Hall–Kier alpha value is -1.02. The molecule has 104 valence electrons. The molecule has 1 aromatic rings. The monoisotopic (exact) mass is 258 g/mol. The SMILES string of the molecule is CC(C)c1cccc2c1[C@@H](C[C@H]1CCCN1C)CN2. The average Bonchev–Trinajstić information content (AvgIpc) is 2.97. The molecule has 2 nitrogen and oxygen atoms in total. The number of nitrogens with zero attached hydrogens (tertiary/aromatic N) is 1. The molecule has 0 aliphatic carbocycles. The Labute approximate surface area is 117 Å². The number of nitrogens with one attached hydrogen (secondary N) is 1. The van der Waals surface area contributed by atoms with Gasteiger partial charge in [-0.05, 0) is 56.0 Å². The topological polar surface area (TPSA) is 15.3 Å². The third-order valence-corrected chi connectivity index (χ3v) is 4.94. The first-order valence-corrected chi connectivity index (χ1v) is 7.73. The number of hydrogen-bond donors (Lipinski definition) is 1. The van der Waals surface area contributed by atoms with Gasteiger partial charge in [-0.25, -0.2) is 0 Å². The number of rotatable bonds is 3. The first kappa shape index (κ1) is 13.0. The highest BCUT2D eigenvalue weighted by atomic mass is 15.1. The van der Waals surface area contributed by atoms with Crippen LogP contribution < -0.4 is 5.32 Å². The molecule has 1 fully saturated rings. The van der Waals surface area contributed by atoms with E-state index >= 15 is 0 Å². The highest BCUT2D eigenvalue weighted by Gasteiger charge is 2.31. The molecule has 0 aromatic heterocycles. The van der Waals surface area contributed by atoms with Crippen molar-refractivity contribution in [3.63, 3.8) is 0 Å². The van der Waals surface area contributed by atoms with Crippen LogP contribution in [0.3, 0.4) is 0 Å². The summed E-state index contributed by atoms with van der Waals surface area (Å²) in [6.45, 7) is 7.03. The Kier molecular flexibility index (Phi) is 3.53. The molecule has 0 radical (unpaired) electrons. The van der Waals surface area contributed by atoms with Gasteiger partial charge in [0.2, 0.25) is 0 Å². The fourth-order valence-corrected chi connectivity index (χ4v) is 3.84. The standard InChI is InChI=1S/C17H26N2/c1-12(2)15-7-4-8-16-17(15)13(11-18-16)10-14-6-5-9-19(14)3/h4,7-8,12-14,18H,5-6,9-11H2,1-3H3/t13-,14+/m0/s1. The zero-order valence-electron chi connectivity index (χ0n) is 12.4. The summed E-state index contributed by atoms with van der Waals surface area (Å²) < 4.78 is 0. The van der Waals surface area contributed by atoms with Gasteiger partial charge in [-0.15, -0.1) is 0 Å². The minimum atomic E-state index is 0.624. The maximum Gasteiger partial charge on any atom is 0.0379 e. The Morgan fingerprint density at radius 1 is 1.37 bits per heavy atom. The lowest BCUT2D eigenvalue weighted by Crippen LogP contribution is -2.27. The lowest BCUT2D eigenvalue weighted by molar-refractivity contribution is 0.285. The second-order valence-electron chi connectivity index (χ2n) is 6.55. The van der Waals surface area contributed by atoms with E-state index < -0.39 is 0 Å². The van der Waals surface area contributed by atoms with Crippen LogP contribution in [0.4, 0.5) is 5.69 Å². The number of hydrogen-bond acceptors (Lipinski definition) is 2. The molecule has 2 aliphatic rings. The van der Waals surface area contributed by atoms with Crippen LogP contribution in [0.5, 0.6) is 0 Å². The molecule has 0 amide bonds. The number of anilines is 1. The molecular formula is C17H26N2. The Bertz CT molecular complexity index is 453. The van der Waals surface area contributed by atoms with E-state index in [1.165, 1.54) is 31.5 Å². The Morgan fingerprint density at radius 3 is 2.89 bits per heavy atom. The van der Waals surface area contributed by atoms with E-state index in [4.69, 9.17) is 0 Å². The van der Waals surface area contributed by atoms with Gasteiger partial charge >= 0.3 is 0 Å². The highest BCUT2D eigenvalue weighted by Crippen LogP contribution is 2.41. The summed E-state index contributed by atoms with van der Waals surface area (Å²) in [6.07, 6.45) is 4.08. The van der Waals surface area contributed by atoms with E-state index in [1.807, 2.05) is 0 Å². The first-order valence-electron chi connectivity index (χ1n) is 7.73. The van der Waals surface area contributed by atoms with Crippen molar-refractivity contribution >= 4 is 5.69 Å². The van der Waals surface area contributed by atoms with Crippen LogP contribution in [0.2, 0.25) is 0 Å². The van der Waals surface area contributed by atoms with Gasteiger partial charge in [0, 0.05) is 24.2 Å². The van der Waals surface area contributed by atoms with Crippen molar-refractivity contribution < 1.29 is 0 Å². The van der Waals surface area contributed by atoms with E-state index in [0.717, 1.165) is 12.6 Å². The van der Waals surface area contributed by atoms with Crippen molar-refractivity contribution in [1.82, 2.24) is 4.90 Å². The average molecular weight is 258 g/mol. The van der Waals surface area contributed by atoms with Gasteiger partial charge in [-0.1, -0.05) is 26.0 Å². The van der Waals surface area contributed by atoms with Crippen molar-refractivity contribution in [1.29, 1.82) is 0 Å². The van der Waals surface area contributed by atoms with Gasteiger partial charge in [0.15, 0.2) is 0 Å². The van der Waals surface area contributed by atoms with Crippen molar-refractivity contribution in [3.05, 3.63) is 29.3 Å². The van der Waals surface area contributed by atoms with Crippen molar-refractivity contribution in [2.45, 2.75) is 51.0 Å². The molecule has 2 aliphatic heterocycles. The number of benzene rings is 1. The fraction of sp³-hybridized carbons (Fsp3) is 0.647. The predicted molar refractivity (Wildman–Crippen MR) is 82.0 cm³/mol. The molecule has 3 rings (SSSR count). The van der Waals surface area contributed by atoms with Crippen LogP contribution in [0.25, 0.3) is 0 Å². The molecule has 2 heteroatoms. The second kappa shape index (κ2) is 5.16. The van der Waals surface area contributed by atoms with Gasteiger partial charge in [0.05, 0.1) is 0 Å². The molecular weight excluding hydrogens is 232 g/mol. The highest BCUT2D eigenvalue weighted by molar-refractivity contribution is 5.61. The van der Waals surface area contributed by atoms with Gasteiger partial charge in [0.1, 0.15) is 0 Å². The van der Waals surface area contributed by atoms with Crippen LogP contribution in [0, 0.1) is 0 Å². The second-order valence-corrected chi connectivity index (χ2v) is 6.55. The summed E-state index contributed by atoms with van der Waals surface area (Å²) in [7, 11) is 2.29. The summed E-state index contributed by atoms with van der Waals surface area (Å²) in [5, 5.41) is 3.62. The van der Waals surface area contributed by atoms with Crippen molar-refractivity contribution in [2.24, 2.45) is 0 Å². The molecule has 1 aromatic carbocycles. The van der Waals surface area contributed by atoms with E-state index in [9.17, 15) is 0 Å². The summed E-state index contributed by atoms with van der Waals surface area (Å²) in [6, 6.07) is 7.56. The molecule has 0 bridgehead atoms. The summed E-state index contributed by atoms with van der Waals surface area (Å²) in [4.78, 5) is 2.55. The van der Waals surface area contributed by atoms with Crippen LogP contribution >= 0.6 is 0 Å². The molecule has 1 saturated heterocycles. The van der Waals surface area contributed by atoms with Crippen LogP contribution in [-0.4, -0.2) is 31.1 Å². The lowest BCUT2D eigenvalue weighted by Gasteiger charge is -2.24. The first-order chi connectivity index (χ1) is 9.16. The van der Waals surface area contributed by atoms with Crippen LogP contribution in [0.15, 0.2) is 18.2 Å². The van der Waals surface area contributed by atoms with E-state index in [-0.39, 0.29) is 0 Å². The van der Waals surface area contributed by atoms with Crippen molar-refractivity contribution in [3.8, 4) is 0 Å². The Morgan fingerprint density at radius 2 is 2.21 bits per heavy atom. The van der Waals surface area contributed by atoms with E-state index in [1.54, 1.807) is 11.1 Å². The summed E-state index contributed by atoms with van der Waals surface area (Å²) in [5.41, 5.74) is 4.54. The van der Waals surface area contributed by atoms with Gasteiger partial charge in [-0.3, -0.25) is 0 Å². The fourth-order valence-electron chi connectivity index (χ4n) is 3.84. The normalized spacial score (nSPS) is 26.7. The van der Waals surface area contributed by atoms with Gasteiger partial charge < -0.3 is 10.2 Å². The van der Waals surface area contributed by atoms with Gasteiger partial charge in [-0.2, -0.15) is 0 Å². The quantitative estimate of drug-likeness (QED) is 0.887. The minimum absolute atomic E-state index is 0.624. The van der Waals surface area contributed by atoms with Gasteiger partial charge in [0.25, 0.3) is 0 Å². The smallest absolute Gasteiger partial charge is 0.0379 e. The largest absolute Gasteiger partial charge is 0.384 e. The van der Waals surface area contributed by atoms with Crippen LogP contribution in [0.1, 0.15) is 56.1 Å². The molecule has 0 spiro atoms. The molecule has 0 unspecified atom stereocenters. The zero-order valence-corrected chi connectivity index (χ0v) is 12.4. The predicted octanol–water partition coefficient (Wildman–Crippen LogP) is 3.80. The third-order valence-electron chi connectivity index (χ3n) is 4.94. The maximum atomic E-state index is 3.62. The van der Waals surface area contributed by atoms with E-state index in [2.05, 4.69) is 49.3 Å². The minimum Gasteiger partial charge on any atom is -0.384 e. The molecule has 1 N–H and O–H groups in total. The van der Waals surface area contributed by atoms with E-state index in [0.29, 0.717) is 11.8 Å². The zero-order chi connectivity index (χ0) is 13.4. The number of fused-ring (bicyclic) bond motifs is 1. The number of likely N-dealkylation sites (tertiary alicyclic amines) is 1. The van der Waals surface area contributed by atoms with Crippen LogP contribution in [-0.2, 0) is 0 Å². The summed E-state index contributed by atoms with van der Waals surface area (Å²) in [5.74, 6) is 1.33. The lowest BCUT2D eigenvalue weighted by atomic mass is 9.86. The molecule has 2 atom stereocenters. The maximum absolute atomic E-state index is 3.62. The summed E-state index contributed by atoms with van der Waals surface area (Å²) >= 11 is 0. The molecule has 2 heterocycles. The Balaban J connectivity index is 1.84. The van der Waals surface area contributed by atoms with Crippen molar-refractivity contribution in [2.75, 3.05) is 25.5 Å². The molecule has 0 saturated carbocycles. The third kappa shape index (κ3) is 2.38. The molecule has 19 heavy (non-hydrogen) atoms.